The van der Waals surface area contributed by atoms with Crippen molar-refractivity contribution in [3.63, 3.8) is 0 Å². The van der Waals surface area contributed by atoms with Gasteiger partial charge in [0.15, 0.2) is 0 Å². The summed E-state index contributed by atoms with van der Waals surface area (Å²) < 4.78 is 33.0. The number of rotatable bonds is 9. The van der Waals surface area contributed by atoms with E-state index < -0.39 is 10.0 Å². The van der Waals surface area contributed by atoms with Gasteiger partial charge in [0.05, 0.1) is 4.90 Å². The third-order valence-corrected chi connectivity index (χ3v) is 5.97. The summed E-state index contributed by atoms with van der Waals surface area (Å²) in [7, 11) is -0.517. The highest BCUT2D eigenvalue weighted by molar-refractivity contribution is 7.89. The Morgan fingerprint density at radius 1 is 1.23 bits per heavy atom. The maximum absolute atomic E-state index is 12.5. The van der Waals surface area contributed by atoms with Gasteiger partial charge >= 0.3 is 0 Å². The number of hydrogen-bond acceptors (Lipinski definition) is 4. The van der Waals surface area contributed by atoms with Gasteiger partial charge in [-0.2, -0.15) is 0 Å². The van der Waals surface area contributed by atoms with E-state index in [2.05, 4.69) is 5.32 Å². The van der Waals surface area contributed by atoms with Gasteiger partial charge < -0.3 is 14.6 Å². The van der Waals surface area contributed by atoms with Crippen LogP contribution in [-0.2, 0) is 21.3 Å². The van der Waals surface area contributed by atoms with Crippen LogP contribution >= 0.6 is 0 Å². The lowest BCUT2D eigenvalue weighted by Gasteiger charge is -2.12. The van der Waals surface area contributed by atoms with Crippen LogP contribution in [0.1, 0.15) is 30.8 Å². The topological polar surface area (TPSA) is 80.6 Å². The van der Waals surface area contributed by atoms with E-state index in [9.17, 15) is 13.2 Å². The summed E-state index contributed by atoms with van der Waals surface area (Å²) in [6.45, 7) is 6.31. The molecule has 0 atom stereocenters. The summed E-state index contributed by atoms with van der Waals surface area (Å²) in [5.74, 6) is -0.170. The van der Waals surface area contributed by atoms with E-state index in [0.717, 1.165) is 17.3 Å². The molecule has 0 aliphatic rings. The van der Waals surface area contributed by atoms with E-state index in [-0.39, 0.29) is 10.8 Å². The normalized spacial score (nSPS) is 12.0. The Balaban J connectivity index is 2.29. The molecule has 0 aliphatic carbocycles. The molecule has 0 spiro atoms. The van der Waals surface area contributed by atoms with Gasteiger partial charge in [-0.3, -0.25) is 4.79 Å². The van der Waals surface area contributed by atoms with Gasteiger partial charge in [-0.1, -0.05) is 0 Å². The van der Waals surface area contributed by atoms with Crippen molar-refractivity contribution in [3.05, 3.63) is 30.0 Å². The van der Waals surface area contributed by atoms with Gasteiger partial charge in [-0.25, -0.2) is 12.7 Å². The van der Waals surface area contributed by atoms with Crippen molar-refractivity contribution in [3.8, 4) is 0 Å². The fourth-order valence-corrected chi connectivity index (χ4v) is 3.70. The zero-order valence-corrected chi connectivity index (χ0v) is 16.6. The second-order valence-corrected chi connectivity index (χ2v) is 8.24. The first-order valence-electron chi connectivity index (χ1n) is 8.74. The van der Waals surface area contributed by atoms with Crippen LogP contribution in [0.5, 0.6) is 0 Å². The first kappa shape index (κ1) is 20.4. The lowest BCUT2D eigenvalue weighted by molar-refractivity contribution is 0.0935. The summed E-state index contributed by atoms with van der Waals surface area (Å²) in [5.41, 5.74) is 1.36. The standard InChI is InChI=1S/C18H27N3O4S/c1-5-21-16-9-8-15(26(23,24)20(3)4)12-14(16)13-17(21)18(22)19-10-7-11-25-6-2/h8-9,12-13H,5-7,10-11H2,1-4H3,(H,19,22). The molecule has 144 valence electrons. The molecule has 0 unspecified atom stereocenters. The summed E-state index contributed by atoms with van der Waals surface area (Å²) in [5, 5.41) is 3.62. The van der Waals surface area contributed by atoms with Gasteiger partial charge in [0.2, 0.25) is 10.0 Å². The molecule has 0 aliphatic heterocycles. The van der Waals surface area contributed by atoms with Crippen molar-refractivity contribution in [2.75, 3.05) is 33.9 Å². The Morgan fingerprint density at radius 2 is 1.96 bits per heavy atom. The molecule has 2 rings (SSSR count). The van der Waals surface area contributed by atoms with E-state index in [0.29, 0.717) is 32.0 Å². The number of hydrogen-bond donors (Lipinski definition) is 1. The average molecular weight is 381 g/mol. The number of aromatic nitrogens is 1. The number of carbonyl (C=O) groups is 1. The van der Waals surface area contributed by atoms with E-state index in [1.54, 1.807) is 24.3 Å². The van der Waals surface area contributed by atoms with Gasteiger partial charge in [0.1, 0.15) is 5.69 Å². The highest BCUT2D eigenvalue weighted by Crippen LogP contribution is 2.24. The van der Waals surface area contributed by atoms with Crippen molar-refractivity contribution in [2.45, 2.75) is 31.7 Å². The van der Waals surface area contributed by atoms with Crippen LogP contribution in [-0.4, -0.2) is 57.1 Å². The van der Waals surface area contributed by atoms with Crippen molar-refractivity contribution in [1.29, 1.82) is 0 Å². The van der Waals surface area contributed by atoms with Crippen LogP contribution in [0.4, 0.5) is 0 Å². The minimum absolute atomic E-state index is 0.170. The second-order valence-electron chi connectivity index (χ2n) is 6.09. The summed E-state index contributed by atoms with van der Waals surface area (Å²) >= 11 is 0. The minimum Gasteiger partial charge on any atom is -0.382 e. The van der Waals surface area contributed by atoms with Crippen molar-refractivity contribution in [2.24, 2.45) is 0 Å². The number of fused-ring (bicyclic) bond motifs is 1. The molecule has 7 nitrogen and oxygen atoms in total. The van der Waals surface area contributed by atoms with Crippen LogP contribution < -0.4 is 5.32 Å². The highest BCUT2D eigenvalue weighted by Gasteiger charge is 2.20. The molecular formula is C18H27N3O4S. The van der Waals surface area contributed by atoms with E-state index >= 15 is 0 Å². The molecule has 1 aromatic heterocycles. The molecule has 26 heavy (non-hydrogen) atoms. The van der Waals surface area contributed by atoms with Gasteiger partial charge in [-0.05, 0) is 44.5 Å². The van der Waals surface area contributed by atoms with Crippen molar-refractivity contribution >= 4 is 26.8 Å². The number of ether oxygens (including phenoxy) is 1. The average Bonchev–Trinajstić information content (AvgIpc) is 2.99. The van der Waals surface area contributed by atoms with Crippen LogP contribution in [0, 0.1) is 0 Å². The molecule has 1 aromatic carbocycles. The molecule has 1 amide bonds. The molecule has 1 N–H and O–H groups in total. The maximum Gasteiger partial charge on any atom is 0.267 e. The predicted molar refractivity (Wildman–Crippen MR) is 102 cm³/mol. The third-order valence-electron chi connectivity index (χ3n) is 4.16. The number of nitrogens with one attached hydrogen (secondary N) is 1. The number of carbonyl (C=O) groups excluding carboxylic acids is 1. The summed E-state index contributed by atoms with van der Waals surface area (Å²) in [4.78, 5) is 12.7. The van der Waals surface area contributed by atoms with Gasteiger partial charge in [0.25, 0.3) is 5.91 Å². The zero-order valence-electron chi connectivity index (χ0n) is 15.8. The third kappa shape index (κ3) is 4.25. The summed E-state index contributed by atoms with van der Waals surface area (Å²) in [6.07, 6.45) is 0.747. The molecule has 0 bridgehead atoms. The Kier molecular flexibility index (Phi) is 6.80. The van der Waals surface area contributed by atoms with E-state index in [4.69, 9.17) is 4.74 Å². The Labute approximate surface area is 155 Å². The molecule has 0 saturated carbocycles. The number of sulfonamides is 1. The number of nitrogens with zero attached hydrogens (tertiary/aromatic N) is 2. The first-order valence-corrected chi connectivity index (χ1v) is 10.2. The minimum atomic E-state index is -3.51. The molecule has 0 radical (unpaired) electrons. The van der Waals surface area contributed by atoms with Crippen LogP contribution in [0.3, 0.4) is 0 Å². The van der Waals surface area contributed by atoms with E-state index in [1.807, 2.05) is 18.4 Å². The molecular weight excluding hydrogens is 354 g/mol. The first-order chi connectivity index (χ1) is 12.3. The summed E-state index contributed by atoms with van der Waals surface area (Å²) in [6, 6.07) is 6.68. The fourth-order valence-electron chi connectivity index (χ4n) is 2.76. The quantitative estimate of drug-likeness (QED) is 0.674. The fraction of sp³-hybridized carbons (Fsp3) is 0.500. The van der Waals surface area contributed by atoms with E-state index in [1.165, 1.54) is 18.4 Å². The maximum atomic E-state index is 12.5. The molecule has 0 fully saturated rings. The number of aryl methyl sites for hydroxylation is 1. The largest absolute Gasteiger partial charge is 0.382 e. The molecule has 1 heterocycles. The highest BCUT2D eigenvalue weighted by atomic mass is 32.2. The smallest absolute Gasteiger partial charge is 0.267 e. The Hall–Kier alpha value is -1.90. The monoisotopic (exact) mass is 381 g/mol. The molecule has 8 heteroatoms. The lowest BCUT2D eigenvalue weighted by Crippen LogP contribution is -2.27. The molecule has 2 aromatic rings. The van der Waals surface area contributed by atoms with Crippen LogP contribution in [0.2, 0.25) is 0 Å². The van der Waals surface area contributed by atoms with Crippen LogP contribution in [0.15, 0.2) is 29.2 Å². The van der Waals surface area contributed by atoms with Gasteiger partial charge in [0, 0.05) is 51.3 Å². The molecule has 0 saturated heterocycles. The second kappa shape index (κ2) is 8.66. The lowest BCUT2D eigenvalue weighted by atomic mass is 10.2. The van der Waals surface area contributed by atoms with Crippen molar-refractivity contribution < 1.29 is 17.9 Å². The number of benzene rings is 1. The van der Waals surface area contributed by atoms with Crippen molar-refractivity contribution in [1.82, 2.24) is 14.2 Å². The predicted octanol–water partition coefficient (Wildman–Crippen LogP) is 2.07. The number of amides is 1. The zero-order chi connectivity index (χ0) is 19.3. The Bertz CT molecular complexity index is 872. The van der Waals surface area contributed by atoms with Crippen LogP contribution in [0.25, 0.3) is 10.9 Å². The van der Waals surface area contributed by atoms with Gasteiger partial charge in [-0.15, -0.1) is 0 Å². The SMILES string of the molecule is CCOCCCNC(=O)c1cc2cc(S(=O)(=O)N(C)C)ccc2n1CC. The Morgan fingerprint density at radius 3 is 2.58 bits per heavy atom.